The molecule has 2 unspecified atom stereocenters. The molecule has 2 heterocycles. The van der Waals surface area contributed by atoms with Crippen LogP contribution in [0, 0.1) is 5.92 Å². The third-order valence-corrected chi connectivity index (χ3v) is 6.13. The van der Waals surface area contributed by atoms with Crippen LogP contribution in [0.5, 0.6) is 11.5 Å². The first kappa shape index (κ1) is 18.1. The molecule has 4 nitrogen and oxygen atoms in total. The predicted molar refractivity (Wildman–Crippen MR) is 105 cm³/mol. The number of carbonyl (C=O) groups is 1. The van der Waals surface area contributed by atoms with Gasteiger partial charge in [-0.2, -0.15) is 0 Å². The average Bonchev–Trinajstić information content (AvgIpc) is 2.94. The van der Waals surface area contributed by atoms with Gasteiger partial charge in [-0.05, 0) is 49.4 Å². The second-order valence-electron chi connectivity index (χ2n) is 7.65. The van der Waals surface area contributed by atoms with Gasteiger partial charge in [0.15, 0.2) is 17.3 Å². The summed E-state index contributed by atoms with van der Waals surface area (Å²) in [5.74, 6) is 1.62. The molecule has 27 heavy (non-hydrogen) atoms. The fraction of sp³-hybridized carbons (Fsp3) is 0.435. The minimum Gasteiger partial charge on any atom is -0.493 e. The Labute approximate surface area is 161 Å². The summed E-state index contributed by atoms with van der Waals surface area (Å²) in [5.41, 5.74) is 2.09. The number of ether oxygens (including phenoxy) is 2. The van der Waals surface area contributed by atoms with E-state index in [9.17, 15) is 4.79 Å². The Morgan fingerprint density at radius 2 is 1.63 bits per heavy atom. The van der Waals surface area contributed by atoms with Gasteiger partial charge >= 0.3 is 0 Å². The van der Waals surface area contributed by atoms with Gasteiger partial charge in [0, 0.05) is 30.1 Å². The predicted octanol–water partition coefficient (Wildman–Crippen LogP) is 4.33. The Bertz CT molecular complexity index is 791. The molecule has 0 aromatic heterocycles. The standard InChI is InChI=1S/C23H27NO3/c1-26-21-11-8-17(14-22(21)27-2)23(25)18-12-19-9-10-20(13-18)24(19)15-16-6-4-3-5-7-16/h3-8,11,14,18-20H,9-10,12-13,15H2,1-2H3. The Morgan fingerprint density at radius 3 is 2.26 bits per heavy atom. The lowest BCUT2D eigenvalue weighted by molar-refractivity contribution is 0.0678. The summed E-state index contributed by atoms with van der Waals surface area (Å²) >= 11 is 0. The second-order valence-corrected chi connectivity index (χ2v) is 7.65. The molecular weight excluding hydrogens is 338 g/mol. The smallest absolute Gasteiger partial charge is 0.166 e. The Balaban J connectivity index is 1.47. The maximum Gasteiger partial charge on any atom is 0.166 e. The van der Waals surface area contributed by atoms with Crippen molar-refractivity contribution in [2.75, 3.05) is 14.2 Å². The molecule has 4 heteroatoms. The van der Waals surface area contributed by atoms with E-state index in [0.717, 1.165) is 24.9 Å². The zero-order valence-corrected chi connectivity index (χ0v) is 16.1. The quantitative estimate of drug-likeness (QED) is 0.714. The van der Waals surface area contributed by atoms with E-state index in [1.807, 2.05) is 18.2 Å². The van der Waals surface area contributed by atoms with Gasteiger partial charge in [0.25, 0.3) is 0 Å². The summed E-state index contributed by atoms with van der Waals surface area (Å²) in [6, 6.07) is 17.2. The molecular formula is C23H27NO3. The lowest BCUT2D eigenvalue weighted by atomic mass is 9.84. The molecule has 4 rings (SSSR count). The summed E-state index contributed by atoms with van der Waals surface area (Å²) in [4.78, 5) is 15.8. The Hall–Kier alpha value is -2.33. The van der Waals surface area contributed by atoms with Gasteiger partial charge in [-0.3, -0.25) is 9.69 Å². The van der Waals surface area contributed by atoms with Gasteiger partial charge in [-0.15, -0.1) is 0 Å². The van der Waals surface area contributed by atoms with Gasteiger partial charge in [0.1, 0.15) is 0 Å². The lowest BCUT2D eigenvalue weighted by Crippen LogP contribution is -2.44. The molecule has 2 atom stereocenters. The maximum absolute atomic E-state index is 13.1. The SMILES string of the molecule is COc1ccc(C(=O)C2CC3CCC(C2)N3Cc2ccccc2)cc1OC. The van der Waals surface area contributed by atoms with Crippen molar-refractivity contribution in [1.82, 2.24) is 4.90 Å². The number of carbonyl (C=O) groups excluding carboxylic acids is 1. The largest absolute Gasteiger partial charge is 0.493 e. The molecule has 0 radical (unpaired) electrons. The molecule has 0 aliphatic carbocycles. The van der Waals surface area contributed by atoms with Crippen molar-refractivity contribution in [3.63, 3.8) is 0 Å². The van der Waals surface area contributed by atoms with Crippen LogP contribution < -0.4 is 9.47 Å². The van der Waals surface area contributed by atoms with E-state index in [1.165, 1.54) is 18.4 Å². The van der Waals surface area contributed by atoms with E-state index in [2.05, 4.69) is 35.2 Å². The molecule has 2 bridgehead atoms. The highest BCUT2D eigenvalue weighted by Gasteiger charge is 2.42. The van der Waals surface area contributed by atoms with Crippen molar-refractivity contribution >= 4 is 5.78 Å². The van der Waals surface area contributed by atoms with Crippen LogP contribution in [-0.4, -0.2) is 37.0 Å². The molecule has 2 aromatic rings. The number of Topliss-reactive ketones (excluding diaryl/α,β-unsaturated/α-hetero) is 1. The van der Waals surface area contributed by atoms with Crippen molar-refractivity contribution in [2.45, 2.75) is 44.3 Å². The van der Waals surface area contributed by atoms with E-state index in [1.54, 1.807) is 14.2 Å². The van der Waals surface area contributed by atoms with Gasteiger partial charge in [0.05, 0.1) is 14.2 Å². The average molecular weight is 365 g/mol. The summed E-state index contributed by atoms with van der Waals surface area (Å²) in [6.07, 6.45) is 4.31. The van der Waals surface area contributed by atoms with Crippen molar-refractivity contribution in [3.05, 3.63) is 59.7 Å². The molecule has 2 fully saturated rings. The summed E-state index contributed by atoms with van der Waals surface area (Å²) < 4.78 is 10.7. The number of hydrogen-bond acceptors (Lipinski definition) is 4. The number of piperidine rings is 1. The van der Waals surface area contributed by atoms with Gasteiger partial charge in [0.2, 0.25) is 0 Å². The first-order chi connectivity index (χ1) is 13.2. The monoisotopic (exact) mass is 365 g/mol. The van der Waals surface area contributed by atoms with Crippen LogP contribution in [0.25, 0.3) is 0 Å². The molecule has 0 amide bonds. The number of nitrogens with zero attached hydrogens (tertiary/aromatic N) is 1. The number of hydrogen-bond donors (Lipinski definition) is 0. The molecule has 0 spiro atoms. The van der Waals surface area contributed by atoms with E-state index in [4.69, 9.17) is 9.47 Å². The zero-order valence-electron chi connectivity index (χ0n) is 16.1. The van der Waals surface area contributed by atoms with Crippen LogP contribution in [0.2, 0.25) is 0 Å². The number of methoxy groups -OCH3 is 2. The Morgan fingerprint density at radius 1 is 0.963 bits per heavy atom. The van der Waals surface area contributed by atoms with Gasteiger partial charge < -0.3 is 9.47 Å². The van der Waals surface area contributed by atoms with Crippen LogP contribution in [0.3, 0.4) is 0 Å². The van der Waals surface area contributed by atoms with Crippen LogP contribution in [0.4, 0.5) is 0 Å². The topological polar surface area (TPSA) is 38.8 Å². The van der Waals surface area contributed by atoms with E-state index >= 15 is 0 Å². The first-order valence-corrected chi connectivity index (χ1v) is 9.75. The first-order valence-electron chi connectivity index (χ1n) is 9.75. The molecule has 2 aliphatic rings. The highest BCUT2D eigenvalue weighted by atomic mass is 16.5. The number of fused-ring (bicyclic) bond motifs is 2. The van der Waals surface area contributed by atoms with Gasteiger partial charge in [-0.1, -0.05) is 30.3 Å². The van der Waals surface area contributed by atoms with Crippen LogP contribution >= 0.6 is 0 Å². The highest BCUT2D eigenvalue weighted by Crippen LogP contribution is 2.41. The summed E-state index contributed by atoms with van der Waals surface area (Å²) in [5, 5.41) is 0. The Kier molecular flexibility index (Phi) is 5.17. The van der Waals surface area contributed by atoms with Crippen LogP contribution in [0.15, 0.2) is 48.5 Å². The number of rotatable bonds is 6. The maximum atomic E-state index is 13.1. The summed E-state index contributed by atoms with van der Waals surface area (Å²) in [6.45, 7) is 0.993. The third-order valence-electron chi connectivity index (χ3n) is 6.13. The molecule has 2 aromatic carbocycles. The van der Waals surface area contributed by atoms with E-state index < -0.39 is 0 Å². The fourth-order valence-electron chi connectivity index (χ4n) is 4.77. The third kappa shape index (κ3) is 3.59. The minimum absolute atomic E-state index is 0.104. The van der Waals surface area contributed by atoms with E-state index in [0.29, 0.717) is 23.6 Å². The minimum atomic E-state index is 0.104. The molecule has 2 saturated heterocycles. The molecule has 142 valence electrons. The van der Waals surface area contributed by atoms with E-state index in [-0.39, 0.29) is 11.7 Å². The van der Waals surface area contributed by atoms with Gasteiger partial charge in [-0.25, -0.2) is 0 Å². The van der Waals surface area contributed by atoms with Crippen molar-refractivity contribution in [1.29, 1.82) is 0 Å². The summed E-state index contributed by atoms with van der Waals surface area (Å²) in [7, 11) is 3.22. The number of ketones is 1. The van der Waals surface area contributed by atoms with Crippen molar-refractivity contribution in [3.8, 4) is 11.5 Å². The molecule has 0 saturated carbocycles. The lowest BCUT2D eigenvalue weighted by Gasteiger charge is -2.38. The normalized spacial score (nSPS) is 24.6. The molecule has 2 aliphatic heterocycles. The molecule has 0 N–H and O–H groups in total. The van der Waals surface area contributed by atoms with Crippen molar-refractivity contribution < 1.29 is 14.3 Å². The highest BCUT2D eigenvalue weighted by molar-refractivity contribution is 5.98. The van der Waals surface area contributed by atoms with Crippen LogP contribution in [0.1, 0.15) is 41.6 Å². The second kappa shape index (κ2) is 7.73. The van der Waals surface area contributed by atoms with Crippen LogP contribution in [-0.2, 0) is 6.54 Å². The van der Waals surface area contributed by atoms with Crippen molar-refractivity contribution in [2.24, 2.45) is 5.92 Å². The zero-order chi connectivity index (χ0) is 18.8. The number of benzene rings is 2. The fourth-order valence-corrected chi connectivity index (χ4v) is 4.77.